The van der Waals surface area contributed by atoms with Gasteiger partial charge in [-0.05, 0) is 32.1 Å². The highest BCUT2D eigenvalue weighted by atomic mass is 17.3. The molecule has 0 aromatic carbocycles. The highest BCUT2D eigenvalue weighted by Crippen LogP contribution is 2.60. The highest BCUT2D eigenvalue weighted by Gasteiger charge is 2.71. The number of fused-ring (bicyclic) bond motifs is 2. The lowest BCUT2D eigenvalue weighted by molar-refractivity contribution is -0.560. The van der Waals surface area contributed by atoms with Crippen LogP contribution in [0.5, 0.6) is 0 Å². The van der Waals surface area contributed by atoms with Crippen molar-refractivity contribution in [2.75, 3.05) is 6.61 Å². The van der Waals surface area contributed by atoms with Gasteiger partial charge in [0.2, 0.25) is 12.1 Å². The van der Waals surface area contributed by atoms with Gasteiger partial charge in [0.25, 0.3) is 0 Å². The average Bonchev–Trinajstić information content (AvgIpc) is 2.86. The second kappa shape index (κ2) is 6.60. The Hall–Kier alpha value is -1.38. The van der Waals surface area contributed by atoms with Crippen LogP contribution in [0.3, 0.4) is 0 Å². The minimum atomic E-state index is -0.950. The molecule has 4 saturated heterocycles. The van der Waals surface area contributed by atoms with Crippen molar-refractivity contribution in [3.63, 3.8) is 0 Å². The van der Waals surface area contributed by atoms with E-state index in [-0.39, 0.29) is 29.8 Å². The molecular weight excluding hydrogens is 356 g/mol. The molecule has 5 aliphatic rings. The van der Waals surface area contributed by atoms with Crippen LogP contribution in [0.4, 0.5) is 4.79 Å². The molecule has 1 aliphatic carbocycles. The smallest absolute Gasteiger partial charge is 0.434 e. The monoisotopic (exact) mass is 384 g/mol. The van der Waals surface area contributed by atoms with Crippen molar-refractivity contribution in [1.29, 1.82) is 0 Å². The summed E-state index contributed by atoms with van der Waals surface area (Å²) in [5.74, 6) is -1.98. The average molecular weight is 384 g/mol. The number of hydrogen-bond acceptors (Lipinski definition) is 8. The Kier molecular flexibility index (Phi) is 4.63. The van der Waals surface area contributed by atoms with Gasteiger partial charge in [-0.15, -0.1) is 0 Å². The fourth-order valence-electron chi connectivity index (χ4n) is 5.20. The first kappa shape index (κ1) is 19.0. The molecule has 0 radical (unpaired) electrons. The third kappa shape index (κ3) is 2.84. The van der Waals surface area contributed by atoms with Gasteiger partial charge in [-0.3, -0.25) is 4.79 Å². The Morgan fingerprint density at radius 3 is 2.78 bits per heavy atom. The summed E-state index contributed by atoms with van der Waals surface area (Å²) >= 11 is 0. The summed E-state index contributed by atoms with van der Waals surface area (Å²) in [5, 5.41) is 0. The van der Waals surface area contributed by atoms with Gasteiger partial charge in [0.15, 0.2) is 5.60 Å². The maximum Gasteiger partial charge on any atom is 0.508 e. The predicted octanol–water partition coefficient (Wildman–Crippen LogP) is 2.94. The van der Waals surface area contributed by atoms with Gasteiger partial charge in [0.1, 0.15) is 6.10 Å². The molecule has 5 rings (SSSR count). The van der Waals surface area contributed by atoms with E-state index >= 15 is 0 Å². The Labute approximate surface area is 158 Å². The van der Waals surface area contributed by atoms with Crippen molar-refractivity contribution in [2.24, 2.45) is 23.7 Å². The number of rotatable bonds is 3. The lowest BCUT2D eigenvalue weighted by atomic mass is 9.57. The Balaban J connectivity index is 1.65. The van der Waals surface area contributed by atoms with Crippen LogP contribution in [0.25, 0.3) is 0 Å². The summed E-state index contributed by atoms with van der Waals surface area (Å²) in [5.41, 5.74) is -0.879. The SMILES string of the molecule is CCCOC(=O)O[C@H]1C[C@H]2[C@@H](C)C(=O)O[C@@H]3OC4(C)CC[C@@H]([C@@H]1C)[C@]32OO4. The lowest BCUT2D eigenvalue weighted by Crippen LogP contribution is -2.71. The van der Waals surface area contributed by atoms with Crippen LogP contribution >= 0.6 is 0 Å². The quantitative estimate of drug-likeness (QED) is 0.542. The molecule has 0 aromatic rings. The van der Waals surface area contributed by atoms with Crippen molar-refractivity contribution in [1.82, 2.24) is 0 Å². The van der Waals surface area contributed by atoms with Crippen LogP contribution in [-0.4, -0.2) is 42.5 Å². The topological polar surface area (TPSA) is 89.5 Å². The van der Waals surface area contributed by atoms with Crippen LogP contribution in [0.2, 0.25) is 0 Å². The molecule has 1 spiro atoms. The molecule has 1 saturated carbocycles. The summed E-state index contributed by atoms with van der Waals surface area (Å²) in [6.07, 6.45) is 0.728. The van der Waals surface area contributed by atoms with E-state index in [1.807, 2.05) is 20.8 Å². The van der Waals surface area contributed by atoms with Crippen molar-refractivity contribution in [2.45, 2.75) is 77.2 Å². The van der Waals surface area contributed by atoms with Crippen molar-refractivity contribution >= 4 is 12.1 Å². The summed E-state index contributed by atoms with van der Waals surface area (Å²) in [4.78, 5) is 36.2. The minimum absolute atomic E-state index is 0.0189. The molecule has 8 nitrogen and oxygen atoms in total. The first-order valence-electron chi connectivity index (χ1n) is 9.89. The molecule has 4 heterocycles. The van der Waals surface area contributed by atoms with E-state index in [2.05, 4.69) is 0 Å². The lowest BCUT2D eigenvalue weighted by Gasteiger charge is -2.58. The summed E-state index contributed by atoms with van der Waals surface area (Å²) < 4.78 is 22.4. The standard InChI is InChI=1S/C19H28O8/c1-5-8-22-17(21)23-14-9-13-11(3)15(20)24-16-19(13)12(10(14)2)6-7-18(4,25-16)26-27-19/h10-14,16H,5-9H2,1-4H3/t10-,11+,12-,13-,14-,16+,18?,19+/m0/s1. The molecule has 2 bridgehead atoms. The van der Waals surface area contributed by atoms with Crippen molar-refractivity contribution < 1.29 is 38.3 Å². The van der Waals surface area contributed by atoms with E-state index in [1.165, 1.54) is 0 Å². The van der Waals surface area contributed by atoms with Gasteiger partial charge in [-0.2, -0.15) is 0 Å². The highest BCUT2D eigenvalue weighted by molar-refractivity contribution is 5.74. The first-order chi connectivity index (χ1) is 12.8. The number of carbonyl (C=O) groups is 2. The van der Waals surface area contributed by atoms with E-state index in [0.717, 1.165) is 12.8 Å². The molecule has 4 aliphatic heterocycles. The molecule has 5 fully saturated rings. The molecule has 27 heavy (non-hydrogen) atoms. The zero-order chi connectivity index (χ0) is 19.4. The Morgan fingerprint density at radius 1 is 1.26 bits per heavy atom. The van der Waals surface area contributed by atoms with Crippen LogP contribution in [0.1, 0.15) is 53.4 Å². The molecule has 152 valence electrons. The largest absolute Gasteiger partial charge is 0.508 e. The number of carbonyl (C=O) groups excluding carboxylic acids is 2. The van der Waals surface area contributed by atoms with Crippen LogP contribution in [-0.2, 0) is 33.5 Å². The molecule has 0 amide bonds. The van der Waals surface area contributed by atoms with Crippen molar-refractivity contribution in [3.05, 3.63) is 0 Å². The van der Waals surface area contributed by atoms with Crippen LogP contribution in [0, 0.1) is 23.7 Å². The molecule has 8 atom stereocenters. The second-order valence-electron chi connectivity index (χ2n) is 8.43. The van der Waals surface area contributed by atoms with Gasteiger partial charge in [0, 0.05) is 18.3 Å². The summed E-state index contributed by atoms with van der Waals surface area (Å²) in [7, 11) is 0. The van der Waals surface area contributed by atoms with Gasteiger partial charge in [0.05, 0.1) is 12.5 Å². The molecule has 8 heteroatoms. The zero-order valence-electron chi connectivity index (χ0n) is 16.3. The summed E-state index contributed by atoms with van der Waals surface area (Å²) in [6, 6.07) is 0. The van der Waals surface area contributed by atoms with E-state index in [1.54, 1.807) is 6.92 Å². The Bertz CT molecular complexity index is 623. The fourth-order valence-corrected chi connectivity index (χ4v) is 5.20. The molecule has 1 unspecified atom stereocenters. The van der Waals surface area contributed by atoms with Gasteiger partial charge in [-0.25, -0.2) is 14.6 Å². The fraction of sp³-hybridized carbons (Fsp3) is 0.895. The minimum Gasteiger partial charge on any atom is -0.434 e. The third-order valence-corrected chi connectivity index (χ3v) is 6.73. The number of hydrogen-bond donors (Lipinski definition) is 0. The molecular formula is C19H28O8. The van der Waals surface area contributed by atoms with E-state index in [9.17, 15) is 9.59 Å². The molecule has 0 aromatic heterocycles. The molecule has 0 N–H and O–H groups in total. The van der Waals surface area contributed by atoms with Crippen LogP contribution < -0.4 is 0 Å². The van der Waals surface area contributed by atoms with Gasteiger partial charge >= 0.3 is 12.1 Å². The van der Waals surface area contributed by atoms with Crippen molar-refractivity contribution in [3.8, 4) is 0 Å². The predicted molar refractivity (Wildman–Crippen MR) is 89.9 cm³/mol. The summed E-state index contributed by atoms with van der Waals surface area (Å²) in [6.45, 7) is 7.90. The van der Waals surface area contributed by atoms with Crippen LogP contribution in [0.15, 0.2) is 0 Å². The normalized spacial score (nSPS) is 48.2. The van der Waals surface area contributed by atoms with E-state index in [4.69, 9.17) is 28.7 Å². The van der Waals surface area contributed by atoms with E-state index in [0.29, 0.717) is 19.4 Å². The second-order valence-corrected chi connectivity index (χ2v) is 8.43. The number of ether oxygens (including phenoxy) is 4. The van der Waals surface area contributed by atoms with Gasteiger partial charge in [-0.1, -0.05) is 20.8 Å². The van der Waals surface area contributed by atoms with Gasteiger partial charge < -0.3 is 18.9 Å². The number of esters is 1. The maximum absolute atomic E-state index is 12.5. The zero-order valence-corrected chi connectivity index (χ0v) is 16.3. The maximum atomic E-state index is 12.5. The third-order valence-electron chi connectivity index (χ3n) is 6.73. The van der Waals surface area contributed by atoms with E-state index < -0.39 is 29.8 Å². The first-order valence-corrected chi connectivity index (χ1v) is 9.89. The Morgan fingerprint density at radius 2 is 2.04 bits per heavy atom.